The van der Waals surface area contributed by atoms with Crippen molar-refractivity contribution < 1.29 is 57.9 Å². The minimum atomic E-state index is -1.16. The van der Waals surface area contributed by atoms with Gasteiger partial charge in [-0.2, -0.15) is 0 Å². The number of nitrogens with zero attached hydrogens (tertiary/aromatic N) is 2. The summed E-state index contributed by atoms with van der Waals surface area (Å²) in [7, 11) is 0. The summed E-state index contributed by atoms with van der Waals surface area (Å²) in [6.07, 6.45) is 4.93. The lowest BCUT2D eigenvalue weighted by atomic mass is 10.2. The first-order valence-corrected chi connectivity index (χ1v) is 21.0. The molecule has 6 rings (SSSR count). The molecule has 0 spiro atoms. The fourth-order valence-electron chi connectivity index (χ4n) is 5.28. The zero-order chi connectivity index (χ0) is 52.0. The number of carbonyl (C=O) groups excluding carboxylic acids is 4. The standard InChI is InChI=1S/C19H21NO5.C13H11NO3.C12H15NO5.C6H5NO3/c1-19(2,3)25-17(22)12-20-11-15(9-10-16(20)21)18(23)24-13-14-7-5-4-6-8-14;15-12-7-6-11(8-14-12)13(16)17-9-10-4-2-1-3-5-10;1-12(2,3)18-10(15)7-13-6-8(11(16)17)4-5-9(13)14;8-5-2-1-4(3-7-5)6(9)10/h4-11H,12-13H2,1-3H3;1-8H,9H2,(H,14,15);4-6H,7H2,1-3H3,(H,16,17);1-3H,(H,7,8)(H,9,10). The molecule has 2 aromatic carbocycles. The fourth-order valence-corrected chi connectivity index (χ4v) is 5.28. The highest BCUT2D eigenvalue weighted by molar-refractivity contribution is 5.90. The normalized spacial score (nSPS) is 10.5. The van der Waals surface area contributed by atoms with Crippen LogP contribution in [0.1, 0.15) is 94.1 Å². The van der Waals surface area contributed by atoms with Crippen molar-refractivity contribution in [3.8, 4) is 0 Å². The lowest BCUT2D eigenvalue weighted by Gasteiger charge is -2.19. The van der Waals surface area contributed by atoms with Gasteiger partial charge >= 0.3 is 35.8 Å². The highest BCUT2D eigenvalue weighted by Gasteiger charge is 2.19. The summed E-state index contributed by atoms with van der Waals surface area (Å²) in [5, 5.41) is 17.1. The Bertz CT molecular complexity index is 2940. The molecule has 0 bridgehead atoms. The van der Waals surface area contributed by atoms with E-state index in [9.17, 15) is 47.9 Å². The maximum absolute atomic E-state index is 12.1. The number of ether oxygens (including phenoxy) is 4. The van der Waals surface area contributed by atoms with Crippen molar-refractivity contribution >= 4 is 35.8 Å². The third-order valence-corrected chi connectivity index (χ3v) is 8.37. The van der Waals surface area contributed by atoms with E-state index < -0.39 is 58.1 Å². The van der Waals surface area contributed by atoms with Crippen LogP contribution in [0.4, 0.5) is 0 Å². The maximum Gasteiger partial charge on any atom is 0.339 e. The molecule has 0 saturated heterocycles. The second-order valence-corrected chi connectivity index (χ2v) is 16.6. The highest BCUT2D eigenvalue weighted by atomic mass is 16.6. The summed E-state index contributed by atoms with van der Waals surface area (Å²) >= 11 is 0. The Morgan fingerprint density at radius 3 is 1.20 bits per heavy atom. The topological polar surface area (TPSA) is 290 Å². The first kappa shape index (κ1) is 55.4. The van der Waals surface area contributed by atoms with Gasteiger partial charge in [0, 0.05) is 49.1 Å². The zero-order valence-corrected chi connectivity index (χ0v) is 39.0. The van der Waals surface area contributed by atoms with Gasteiger partial charge in [-0.15, -0.1) is 0 Å². The van der Waals surface area contributed by atoms with E-state index in [-0.39, 0.29) is 54.1 Å². The summed E-state index contributed by atoms with van der Waals surface area (Å²) in [4.78, 5) is 117. The molecule has 0 fully saturated rings. The average Bonchev–Trinajstić information content (AvgIpc) is 3.29. The summed E-state index contributed by atoms with van der Waals surface area (Å²) in [5.41, 5.74) is -0.357. The SMILES string of the molecule is CC(C)(C)OC(=O)Cn1cc(C(=O)O)ccc1=O.CC(C)(C)OC(=O)Cn1cc(C(=O)OCc2ccccc2)ccc1=O.O=C(O)c1ccc(=O)[nH]c1.O=C(OCc1ccccc1)c1ccc(=O)[nH]c1. The van der Waals surface area contributed by atoms with Gasteiger partial charge < -0.3 is 48.3 Å². The molecule has 0 aliphatic carbocycles. The van der Waals surface area contributed by atoms with E-state index in [0.717, 1.165) is 38.7 Å². The van der Waals surface area contributed by atoms with Gasteiger partial charge in [-0.3, -0.25) is 28.8 Å². The number of carboxylic acid groups (broad SMARTS) is 2. The number of hydrogen-bond donors (Lipinski definition) is 4. The van der Waals surface area contributed by atoms with Gasteiger partial charge in [-0.25, -0.2) is 19.2 Å². The van der Waals surface area contributed by atoms with Crippen molar-refractivity contribution in [3.63, 3.8) is 0 Å². The molecule has 0 amide bonds. The van der Waals surface area contributed by atoms with Crippen LogP contribution in [0.25, 0.3) is 0 Å². The third-order valence-electron chi connectivity index (χ3n) is 8.37. The Hall–Kier alpha value is -8.94. The second kappa shape index (κ2) is 26.4. The number of benzene rings is 2. The minimum Gasteiger partial charge on any atom is -0.478 e. The zero-order valence-electron chi connectivity index (χ0n) is 39.0. The molecule has 20 nitrogen and oxygen atoms in total. The van der Waals surface area contributed by atoms with E-state index >= 15 is 0 Å². The Morgan fingerprint density at radius 2 is 0.829 bits per heavy atom. The van der Waals surface area contributed by atoms with E-state index in [2.05, 4.69) is 9.97 Å². The average molecular weight is 965 g/mol. The summed E-state index contributed by atoms with van der Waals surface area (Å²) in [6.45, 7) is 10.1. The number of aromatic carboxylic acids is 2. The van der Waals surface area contributed by atoms with Crippen LogP contribution in [0.2, 0.25) is 0 Å². The van der Waals surface area contributed by atoms with Crippen LogP contribution >= 0.6 is 0 Å². The smallest absolute Gasteiger partial charge is 0.339 e. The maximum atomic E-state index is 12.1. The van der Waals surface area contributed by atoms with E-state index in [1.807, 2.05) is 60.7 Å². The monoisotopic (exact) mass is 964 g/mol. The molecule has 0 radical (unpaired) electrons. The van der Waals surface area contributed by atoms with Crippen LogP contribution in [0.5, 0.6) is 0 Å². The molecule has 4 aromatic heterocycles. The summed E-state index contributed by atoms with van der Waals surface area (Å²) in [6, 6.07) is 28.7. The molecular weight excluding hydrogens is 913 g/mol. The molecule has 368 valence electrons. The van der Waals surface area contributed by atoms with E-state index in [1.54, 1.807) is 41.5 Å². The van der Waals surface area contributed by atoms with E-state index in [4.69, 9.17) is 29.2 Å². The lowest BCUT2D eigenvalue weighted by molar-refractivity contribution is -0.156. The Morgan fingerprint density at radius 1 is 0.471 bits per heavy atom. The Kier molecular flexibility index (Phi) is 20.9. The van der Waals surface area contributed by atoms with E-state index in [1.165, 1.54) is 54.9 Å². The summed E-state index contributed by atoms with van der Waals surface area (Å²) in [5.74, 6) is -4.37. The number of nitrogens with one attached hydrogen (secondary N) is 2. The molecule has 4 N–H and O–H groups in total. The Balaban J connectivity index is 0.000000257. The predicted molar refractivity (Wildman–Crippen MR) is 252 cm³/mol. The quantitative estimate of drug-likeness (QED) is 0.0901. The Labute approximate surface area is 399 Å². The van der Waals surface area contributed by atoms with Crippen molar-refractivity contribution in [2.24, 2.45) is 0 Å². The second-order valence-electron chi connectivity index (χ2n) is 16.6. The van der Waals surface area contributed by atoms with Crippen molar-refractivity contribution in [1.29, 1.82) is 0 Å². The van der Waals surface area contributed by atoms with Gasteiger partial charge in [0.15, 0.2) is 0 Å². The first-order valence-electron chi connectivity index (χ1n) is 21.0. The number of aromatic nitrogens is 4. The fraction of sp³-hybridized carbons (Fsp3) is 0.240. The predicted octanol–water partition coefficient (Wildman–Crippen LogP) is 5.24. The molecule has 0 aliphatic rings. The van der Waals surface area contributed by atoms with E-state index in [0.29, 0.717) is 5.56 Å². The molecular formula is C50H52N4O16. The van der Waals surface area contributed by atoms with Gasteiger partial charge in [-0.05, 0) is 76.9 Å². The van der Waals surface area contributed by atoms with Gasteiger partial charge in [0.2, 0.25) is 11.1 Å². The van der Waals surface area contributed by atoms with Crippen LogP contribution in [0.3, 0.4) is 0 Å². The lowest BCUT2D eigenvalue weighted by Crippen LogP contribution is -2.30. The van der Waals surface area contributed by atoms with Crippen LogP contribution < -0.4 is 22.2 Å². The number of carboxylic acids is 2. The molecule has 0 unspecified atom stereocenters. The molecule has 0 atom stereocenters. The van der Waals surface area contributed by atoms with Crippen molar-refractivity contribution in [1.82, 2.24) is 19.1 Å². The third kappa shape index (κ3) is 21.1. The van der Waals surface area contributed by atoms with Gasteiger partial charge in [0.25, 0.3) is 11.1 Å². The number of H-pyrrole nitrogens is 2. The minimum absolute atomic E-state index is 0.0573. The van der Waals surface area contributed by atoms with Crippen LogP contribution in [-0.2, 0) is 54.8 Å². The van der Waals surface area contributed by atoms with Gasteiger partial charge in [-0.1, -0.05) is 60.7 Å². The summed E-state index contributed by atoms with van der Waals surface area (Å²) < 4.78 is 22.7. The first-order chi connectivity index (χ1) is 32.9. The number of esters is 4. The number of carbonyl (C=O) groups is 6. The number of rotatable bonds is 12. The number of aromatic amines is 2. The number of pyridine rings is 4. The highest BCUT2D eigenvalue weighted by Crippen LogP contribution is 2.10. The molecule has 0 aliphatic heterocycles. The van der Waals surface area contributed by atoms with Crippen LogP contribution in [0, 0.1) is 0 Å². The number of hydrogen-bond acceptors (Lipinski definition) is 14. The van der Waals surface area contributed by atoms with Crippen LogP contribution in [-0.4, -0.2) is 76.3 Å². The van der Waals surface area contributed by atoms with Crippen molar-refractivity contribution in [2.45, 2.75) is 79.0 Å². The van der Waals surface area contributed by atoms with Gasteiger partial charge in [0.1, 0.15) is 37.5 Å². The van der Waals surface area contributed by atoms with Crippen molar-refractivity contribution in [3.05, 3.63) is 209 Å². The van der Waals surface area contributed by atoms with Gasteiger partial charge in [0.05, 0.1) is 22.3 Å². The largest absolute Gasteiger partial charge is 0.478 e. The van der Waals surface area contributed by atoms with Crippen molar-refractivity contribution in [2.75, 3.05) is 0 Å². The molecule has 70 heavy (non-hydrogen) atoms. The molecule has 20 heteroatoms. The van der Waals surface area contributed by atoms with Crippen LogP contribution in [0.15, 0.2) is 153 Å². The molecule has 6 aromatic rings. The molecule has 0 saturated carbocycles. The molecule has 4 heterocycles.